The molecule has 24 heteroatoms. The van der Waals surface area contributed by atoms with Crippen molar-refractivity contribution in [2.75, 3.05) is 62.5 Å². The molecule has 1 saturated heterocycles. The van der Waals surface area contributed by atoms with Crippen LogP contribution in [0, 0.1) is 41.4 Å². The van der Waals surface area contributed by atoms with E-state index in [1.165, 1.54) is 94.6 Å². The Hall–Kier alpha value is -5.91. The summed E-state index contributed by atoms with van der Waals surface area (Å²) in [4.78, 5) is 167. The van der Waals surface area contributed by atoms with E-state index >= 15 is 4.79 Å². The van der Waals surface area contributed by atoms with Gasteiger partial charge in [0.1, 0.15) is 60.4 Å². The molecule has 0 radical (unpaired) electrons. The molecule has 0 aromatic rings. The van der Waals surface area contributed by atoms with Gasteiger partial charge in [0.15, 0.2) is 0 Å². The first-order chi connectivity index (χ1) is 38.2. The molecule has 11 amide bonds. The van der Waals surface area contributed by atoms with Gasteiger partial charge in [-0.15, -0.1) is 0 Å². The maximum absolute atomic E-state index is 15.0. The van der Waals surface area contributed by atoms with Gasteiger partial charge < -0.3 is 65.8 Å². The fourth-order valence-electron chi connectivity index (χ4n) is 10.4. The van der Waals surface area contributed by atoms with Crippen LogP contribution in [0.1, 0.15) is 143 Å². The summed E-state index contributed by atoms with van der Waals surface area (Å²) in [6.07, 6.45) is -1.02. The van der Waals surface area contributed by atoms with Gasteiger partial charge in [-0.1, -0.05) is 90.0 Å². The third-order valence-corrected chi connectivity index (χ3v) is 15.6. The molecule has 0 aromatic heterocycles. The van der Waals surface area contributed by atoms with Crippen molar-refractivity contribution in [2.24, 2.45) is 41.4 Å². The molecule has 0 aliphatic carbocycles. The molecule has 1 aliphatic rings. The fraction of sp³-hybridized carbons (Fsp3) is 0.814. The summed E-state index contributed by atoms with van der Waals surface area (Å²) in [6.45, 7) is 26.5. The molecule has 0 aromatic carbocycles. The van der Waals surface area contributed by atoms with E-state index in [-0.39, 0.29) is 62.4 Å². The Labute approximate surface area is 495 Å². The molecule has 476 valence electrons. The van der Waals surface area contributed by atoms with Crippen LogP contribution in [0.25, 0.3) is 0 Å². The third kappa shape index (κ3) is 21.0. The largest absolute Gasteiger partial charge is 0.396 e. The van der Waals surface area contributed by atoms with Gasteiger partial charge in [0.25, 0.3) is 0 Å². The molecule has 0 unspecified atom stereocenters. The van der Waals surface area contributed by atoms with Gasteiger partial charge >= 0.3 is 0 Å². The van der Waals surface area contributed by atoms with Crippen LogP contribution in [-0.4, -0.2) is 238 Å². The Balaban J connectivity index is 4.25. The van der Waals surface area contributed by atoms with E-state index in [0.29, 0.717) is 0 Å². The normalized spacial score (nSPS) is 27.2. The average Bonchev–Trinajstić information content (AvgIpc) is 3.50. The Morgan fingerprint density at radius 3 is 1.23 bits per heavy atom. The highest BCUT2D eigenvalue weighted by atomic mass is 16.3. The first-order valence-corrected chi connectivity index (χ1v) is 29.5. The molecule has 12 atom stereocenters. The number of aliphatic hydroxyl groups is 2. The van der Waals surface area contributed by atoms with Crippen LogP contribution >= 0.6 is 0 Å². The van der Waals surface area contributed by atoms with Crippen LogP contribution in [0.2, 0.25) is 0 Å². The Morgan fingerprint density at radius 1 is 0.410 bits per heavy atom. The van der Waals surface area contributed by atoms with E-state index in [2.05, 4.69) is 21.3 Å². The standard InChI is InChI=1S/C59H107N11O13/c1-31(2)26-41-52(76)63-46(35(9)10)58(82)66(19)42(27-32(3)4)51(75)60-38(14)50(74)61-40(16)55(79)67(20)43(28-33(5)6)56(80)68(21)44(29-34(7)8)57(81)69(22)47(36(11)12)59(83)70(23)48(49(73)37(13)24-25-71)53(77)62-39(15)54(78)64(17)30-45(72)65(41)18/h31-44,46-49,71,73H,24-30H2,1-23H3,(H,60,75)(H,61,74)(H,62,77)(H,63,76)/t37-,38+,39+,40-,41+,42+,43+,44+,46+,47+,48+,49-/m1/s1. The predicted octanol–water partition coefficient (Wildman–Crippen LogP) is 1.30. The minimum Gasteiger partial charge on any atom is -0.396 e. The van der Waals surface area contributed by atoms with Crippen LogP contribution in [-0.2, 0) is 52.7 Å². The lowest BCUT2D eigenvalue weighted by Gasteiger charge is -2.41. The van der Waals surface area contributed by atoms with E-state index in [9.17, 15) is 58.2 Å². The average molecular weight is 1180 g/mol. The number of likely N-dealkylation sites (N-methyl/N-ethyl adjacent to an activating group) is 7. The van der Waals surface area contributed by atoms with E-state index in [0.717, 1.165) is 9.80 Å². The van der Waals surface area contributed by atoms with Crippen LogP contribution in [0.3, 0.4) is 0 Å². The zero-order valence-electron chi connectivity index (χ0n) is 54.4. The number of carbonyl (C=O) groups excluding carboxylic acids is 11. The number of rotatable bonds is 14. The summed E-state index contributed by atoms with van der Waals surface area (Å²) in [5, 5.41) is 32.5. The van der Waals surface area contributed by atoms with Crippen molar-refractivity contribution in [3.8, 4) is 0 Å². The molecule has 83 heavy (non-hydrogen) atoms. The van der Waals surface area contributed by atoms with Crippen LogP contribution < -0.4 is 21.3 Å². The molecule has 1 fully saturated rings. The predicted molar refractivity (Wildman–Crippen MR) is 316 cm³/mol. The van der Waals surface area contributed by atoms with Crippen molar-refractivity contribution in [3.63, 3.8) is 0 Å². The molecule has 0 bridgehead atoms. The van der Waals surface area contributed by atoms with Crippen molar-refractivity contribution >= 4 is 65.0 Å². The van der Waals surface area contributed by atoms with Gasteiger partial charge in [-0.3, -0.25) is 52.7 Å². The number of hydrogen-bond acceptors (Lipinski definition) is 13. The van der Waals surface area contributed by atoms with E-state index in [1.807, 2.05) is 55.4 Å². The van der Waals surface area contributed by atoms with E-state index < -0.39 is 156 Å². The minimum absolute atomic E-state index is 0.0208. The van der Waals surface area contributed by atoms with Gasteiger partial charge in [0, 0.05) is 55.9 Å². The second-order valence-electron chi connectivity index (χ2n) is 25.6. The smallest absolute Gasteiger partial charge is 0.246 e. The number of nitrogens with one attached hydrogen (secondary N) is 4. The summed E-state index contributed by atoms with van der Waals surface area (Å²) in [6, 6.07) is -12.6. The number of nitrogens with zero attached hydrogens (tertiary/aromatic N) is 7. The van der Waals surface area contributed by atoms with Crippen molar-refractivity contribution in [1.29, 1.82) is 0 Å². The molecule has 1 heterocycles. The fourth-order valence-corrected chi connectivity index (χ4v) is 10.4. The lowest BCUT2D eigenvalue weighted by atomic mass is 9.91. The lowest BCUT2D eigenvalue weighted by molar-refractivity contribution is -0.157. The molecule has 24 nitrogen and oxygen atoms in total. The number of amides is 11. The van der Waals surface area contributed by atoms with E-state index in [4.69, 9.17) is 0 Å². The van der Waals surface area contributed by atoms with Gasteiger partial charge in [0.05, 0.1) is 12.6 Å². The van der Waals surface area contributed by atoms with Gasteiger partial charge in [-0.05, 0) is 94.3 Å². The van der Waals surface area contributed by atoms with Crippen molar-refractivity contribution in [2.45, 2.75) is 209 Å². The zero-order valence-corrected chi connectivity index (χ0v) is 54.4. The van der Waals surface area contributed by atoms with Gasteiger partial charge in [0.2, 0.25) is 65.0 Å². The number of hydrogen-bond donors (Lipinski definition) is 6. The molecule has 0 saturated carbocycles. The molecular weight excluding hydrogens is 1070 g/mol. The first kappa shape index (κ1) is 75.1. The zero-order chi connectivity index (χ0) is 64.6. The molecular formula is C59H107N11O13. The third-order valence-electron chi connectivity index (χ3n) is 15.6. The van der Waals surface area contributed by atoms with Gasteiger partial charge in [-0.2, -0.15) is 0 Å². The van der Waals surface area contributed by atoms with Crippen LogP contribution in [0.5, 0.6) is 0 Å². The monoisotopic (exact) mass is 1180 g/mol. The maximum atomic E-state index is 15.0. The number of carbonyl (C=O) groups is 11. The summed E-state index contributed by atoms with van der Waals surface area (Å²) in [5.74, 6) is -10.3. The minimum atomic E-state index is -1.69. The Bertz CT molecular complexity index is 2240. The molecule has 1 rings (SSSR count). The van der Waals surface area contributed by atoms with Crippen molar-refractivity contribution in [1.82, 2.24) is 55.6 Å². The molecule has 0 spiro atoms. The second-order valence-corrected chi connectivity index (χ2v) is 25.6. The summed E-state index contributed by atoms with van der Waals surface area (Å²) in [7, 11) is 9.71. The first-order valence-electron chi connectivity index (χ1n) is 29.5. The van der Waals surface area contributed by atoms with Crippen molar-refractivity contribution in [3.05, 3.63) is 0 Å². The topological polar surface area (TPSA) is 299 Å². The molecule has 6 N–H and O–H groups in total. The maximum Gasteiger partial charge on any atom is 0.246 e. The van der Waals surface area contributed by atoms with Gasteiger partial charge in [-0.25, -0.2) is 0 Å². The molecule has 1 aliphatic heterocycles. The SMILES string of the molecule is CC(C)C[C@H]1C(=O)N[C@@H](C(C)C)C(=O)N(C)[C@@H](CC(C)C)C(=O)N[C@@H](C)C(=O)N[C@H](C)C(=O)N(C)[C@@H](CC(C)C)C(=O)N(C)[C@@H](CC(C)C)C(=O)N(C)[C@@H](C(C)C)C(=O)N(C)[C@@H]([C@H](O)[C@H](C)CCO)C(=O)N[C@@H](C)C(=O)N(C)CC(=O)N1C. The summed E-state index contributed by atoms with van der Waals surface area (Å²) >= 11 is 0. The summed E-state index contributed by atoms with van der Waals surface area (Å²) in [5.41, 5.74) is 0. The Morgan fingerprint density at radius 2 is 0.783 bits per heavy atom. The second kappa shape index (κ2) is 33.5. The Kier molecular flexibility index (Phi) is 30.4. The highest BCUT2D eigenvalue weighted by molar-refractivity contribution is 5.99. The van der Waals surface area contributed by atoms with E-state index in [1.54, 1.807) is 34.6 Å². The lowest BCUT2D eigenvalue weighted by Crippen LogP contribution is -2.63. The highest BCUT2D eigenvalue weighted by Gasteiger charge is 2.45. The van der Waals surface area contributed by atoms with Crippen LogP contribution in [0.4, 0.5) is 0 Å². The van der Waals surface area contributed by atoms with Crippen molar-refractivity contribution < 1.29 is 63.0 Å². The number of aliphatic hydroxyl groups excluding tert-OH is 2. The highest BCUT2D eigenvalue weighted by Crippen LogP contribution is 2.25. The summed E-state index contributed by atoms with van der Waals surface area (Å²) < 4.78 is 0. The quantitative estimate of drug-likeness (QED) is 0.143. The van der Waals surface area contributed by atoms with Crippen LogP contribution in [0.15, 0.2) is 0 Å².